The van der Waals surface area contributed by atoms with Crippen LogP contribution >= 0.6 is 0 Å². The average Bonchev–Trinajstić information content (AvgIpc) is 2.72. The predicted molar refractivity (Wildman–Crippen MR) is 112 cm³/mol. The van der Waals surface area contributed by atoms with Crippen molar-refractivity contribution in [2.75, 3.05) is 18.5 Å². The third kappa shape index (κ3) is 4.76. The van der Waals surface area contributed by atoms with Gasteiger partial charge < -0.3 is 15.4 Å². The van der Waals surface area contributed by atoms with Crippen LogP contribution < -0.4 is 10.6 Å². The number of hydrogen-bond acceptors (Lipinski definition) is 5. The van der Waals surface area contributed by atoms with Gasteiger partial charge in [-0.2, -0.15) is 0 Å². The second-order valence-corrected chi connectivity index (χ2v) is 8.08. The largest absolute Gasteiger partial charge is 0.381 e. The van der Waals surface area contributed by atoms with E-state index in [1.54, 1.807) is 12.1 Å². The van der Waals surface area contributed by atoms with E-state index in [2.05, 4.69) is 10.6 Å². The first-order valence-corrected chi connectivity index (χ1v) is 9.91. The Balaban J connectivity index is 1.74. The van der Waals surface area contributed by atoms with Crippen LogP contribution in [0.5, 0.6) is 0 Å². The molecule has 160 valence electrons. The van der Waals surface area contributed by atoms with E-state index in [0.29, 0.717) is 25.1 Å². The Bertz CT molecular complexity index is 930. The lowest BCUT2D eigenvalue weighted by atomic mass is 9.78. The Labute approximate surface area is 174 Å². The van der Waals surface area contributed by atoms with Crippen LogP contribution in [0.1, 0.15) is 49.2 Å². The third-order valence-corrected chi connectivity index (χ3v) is 5.49. The number of hydrogen-bond donors (Lipinski definition) is 2. The number of benzene rings is 2. The Morgan fingerprint density at radius 3 is 2.63 bits per heavy atom. The fourth-order valence-corrected chi connectivity index (χ4v) is 3.66. The summed E-state index contributed by atoms with van der Waals surface area (Å²) < 4.78 is 19.0. The number of nitro groups is 1. The molecule has 1 heterocycles. The molecule has 2 N–H and O–H groups in total. The maximum absolute atomic E-state index is 13.1. The number of amides is 1. The lowest BCUT2D eigenvalue weighted by molar-refractivity contribution is -0.385. The molecule has 2 aromatic rings. The van der Waals surface area contributed by atoms with Gasteiger partial charge in [-0.3, -0.25) is 14.9 Å². The van der Waals surface area contributed by atoms with Gasteiger partial charge in [0.2, 0.25) is 0 Å². The number of nitrogens with zero attached hydrogens (tertiary/aromatic N) is 1. The molecular weight excluding hydrogens is 389 g/mol. The van der Waals surface area contributed by atoms with Crippen LogP contribution in [0.25, 0.3) is 0 Å². The minimum absolute atomic E-state index is 0.0310. The summed E-state index contributed by atoms with van der Waals surface area (Å²) in [4.78, 5) is 23.1. The molecule has 0 bridgehead atoms. The van der Waals surface area contributed by atoms with Crippen LogP contribution in [-0.2, 0) is 4.74 Å². The lowest BCUT2D eigenvalue weighted by Crippen LogP contribution is -2.47. The van der Waals surface area contributed by atoms with E-state index in [1.807, 2.05) is 20.8 Å². The minimum Gasteiger partial charge on any atom is -0.381 e. The van der Waals surface area contributed by atoms with Gasteiger partial charge >= 0.3 is 0 Å². The molecule has 7 nitrogen and oxygen atoms in total. The molecule has 1 aliphatic rings. The van der Waals surface area contributed by atoms with E-state index in [4.69, 9.17) is 4.74 Å². The summed E-state index contributed by atoms with van der Waals surface area (Å²) in [5, 5.41) is 17.5. The molecule has 0 saturated heterocycles. The topological polar surface area (TPSA) is 93.5 Å². The maximum Gasteiger partial charge on any atom is 0.269 e. The number of anilines is 1. The van der Waals surface area contributed by atoms with Gasteiger partial charge in [0, 0.05) is 53.6 Å². The number of rotatable bonds is 7. The van der Waals surface area contributed by atoms with E-state index < -0.39 is 4.92 Å². The maximum atomic E-state index is 13.1. The van der Waals surface area contributed by atoms with Crippen molar-refractivity contribution in [2.45, 2.75) is 39.3 Å². The van der Waals surface area contributed by atoms with Gasteiger partial charge in [0.15, 0.2) is 0 Å². The van der Waals surface area contributed by atoms with Crippen molar-refractivity contribution in [2.24, 2.45) is 5.41 Å². The van der Waals surface area contributed by atoms with Gasteiger partial charge in [-0.05, 0) is 43.7 Å². The molecule has 0 radical (unpaired) electrons. The smallest absolute Gasteiger partial charge is 0.269 e. The van der Waals surface area contributed by atoms with Crippen molar-refractivity contribution < 1.29 is 18.8 Å². The summed E-state index contributed by atoms with van der Waals surface area (Å²) in [5.74, 6) is -0.657. The first kappa shape index (κ1) is 21.7. The van der Waals surface area contributed by atoms with Crippen LogP contribution in [-0.4, -0.2) is 30.0 Å². The molecule has 2 aromatic carbocycles. The van der Waals surface area contributed by atoms with E-state index >= 15 is 0 Å². The third-order valence-electron chi connectivity index (χ3n) is 5.49. The number of non-ortho nitro benzene ring substituents is 1. The van der Waals surface area contributed by atoms with E-state index in [-0.39, 0.29) is 35.0 Å². The van der Waals surface area contributed by atoms with Gasteiger partial charge in [0.05, 0.1) is 11.0 Å². The summed E-state index contributed by atoms with van der Waals surface area (Å²) in [7, 11) is 0. The van der Waals surface area contributed by atoms with Crippen molar-refractivity contribution in [3.8, 4) is 0 Å². The van der Waals surface area contributed by atoms with Crippen molar-refractivity contribution in [1.29, 1.82) is 0 Å². The van der Waals surface area contributed by atoms with Gasteiger partial charge in [0.1, 0.15) is 5.82 Å². The molecule has 0 saturated carbocycles. The number of nitro benzene ring substituents is 1. The fourth-order valence-electron chi connectivity index (χ4n) is 3.66. The Kier molecular flexibility index (Phi) is 6.36. The van der Waals surface area contributed by atoms with Crippen LogP contribution in [0.15, 0.2) is 42.5 Å². The van der Waals surface area contributed by atoms with Crippen LogP contribution in [0.3, 0.4) is 0 Å². The van der Waals surface area contributed by atoms with Gasteiger partial charge in [-0.1, -0.05) is 13.8 Å². The number of ether oxygens (including phenoxy) is 1. The molecule has 0 spiro atoms. The zero-order chi connectivity index (χ0) is 21.9. The van der Waals surface area contributed by atoms with Crippen molar-refractivity contribution >= 4 is 17.3 Å². The molecule has 2 atom stereocenters. The fraction of sp³-hybridized carbons (Fsp3) is 0.409. The molecule has 1 aliphatic heterocycles. The summed E-state index contributed by atoms with van der Waals surface area (Å²) in [6.45, 7) is 6.84. The second kappa shape index (κ2) is 8.79. The summed E-state index contributed by atoms with van der Waals surface area (Å²) >= 11 is 0. The minimum atomic E-state index is -0.412. The Morgan fingerprint density at radius 1 is 1.30 bits per heavy atom. The SMILES string of the molecule is CCOC1CC(C(C)(C)CNC(=O)c2ccc(F)cc2)Nc2ccc([N+](=O)[O-])cc21. The van der Waals surface area contributed by atoms with Crippen LogP contribution in [0.4, 0.5) is 15.8 Å². The molecule has 3 rings (SSSR count). The molecule has 8 heteroatoms. The van der Waals surface area contributed by atoms with Crippen molar-refractivity contribution in [1.82, 2.24) is 5.32 Å². The highest BCUT2D eigenvalue weighted by atomic mass is 19.1. The van der Waals surface area contributed by atoms with Crippen LogP contribution in [0.2, 0.25) is 0 Å². The summed E-state index contributed by atoms with van der Waals surface area (Å²) in [6.07, 6.45) is 0.338. The zero-order valence-electron chi connectivity index (χ0n) is 17.3. The average molecular weight is 415 g/mol. The zero-order valence-corrected chi connectivity index (χ0v) is 17.3. The molecule has 2 unspecified atom stereocenters. The summed E-state index contributed by atoms with van der Waals surface area (Å²) in [5.41, 5.74) is 1.66. The predicted octanol–water partition coefficient (Wildman–Crippen LogP) is 4.45. The quantitative estimate of drug-likeness (QED) is 0.515. The Hall–Kier alpha value is -3.00. The highest BCUT2D eigenvalue weighted by Gasteiger charge is 2.37. The number of halogens is 1. The lowest BCUT2D eigenvalue weighted by Gasteiger charge is -2.41. The molecule has 30 heavy (non-hydrogen) atoms. The molecule has 0 fully saturated rings. The first-order valence-electron chi connectivity index (χ1n) is 9.91. The number of carbonyl (C=O) groups is 1. The van der Waals surface area contributed by atoms with Gasteiger partial charge in [-0.15, -0.1) is 0 Å². The van der Waals surface area contributed by atoms with Gasteiger partial charge in [-0.25, -0.2) is 4.39 Å². The molecular formula is C22H26FN3O4. The monoisotopic (exact) mass is 415 g/mol. The van der Waals surface area contributed by atoms with Crippen LogP contribution in [0, 0.1) is 21.3 Å². The molecule has 0 aliphatic carbocycles. The highest BCUT2D eigenvalue weighted by Crippen LogP contribution is 2.41. The molecule has 1 amide bonds. The summed E-state index contributed by atoms with van der Waals surface area (Å²) in [6, 6.07) is 10.1. The van der Waals surface area contributed by atoms with E-state index in [9.17, 15) is 19.3 Å². The Morgan fingerprint density at radius 2 is 2.00 bits per heavy atom. The number of nitrogens with one attached hydrogen (secondary N) is 2. The number of carbonyl (C=O) groups excluding carboxylic acids is 1. The second-order valence-electron chi connectivity index (χ2n) is 8.08. The van der Waals surface area contributed by atoms with E-state index in [0.717, 1.165) is 11.3 Å². The van der Waals surface area contributed by atoms with Gasteiger partial charge in [0.25, 0.3) is 11.6 Å². The van der Waals surface area contributed by atoms with Crippen molar-refractivity contribution in [3.05, 3.63) is 69.5 Å². The number of fused-ring (bicyclic) bond motifs is 1. The standard InChI is InChI=1S/C22H26FN3O4/c1-4-30-19-12-20(25-18-10-9-16(26(28)29)11-17(18)19)22(2,3)13-24-21(27)14-5-7-15(23)8-6-14/h5-11,19-20,25H,4,12-13H2,1-3H3,(H,24,27). The van der Waals surface area contributed by atoms with E-state index in [1.165, 1.54) is 30.3 Å². The van der Waals surface area contributed by atoms with Crippen molar-refractivity contribution in [3.63, 3.8) is 0 Å². The normalized spacial score (nSPS) is 18.3. The molecule has 0 aromatic heterocycles. The highest BCUT2D eigenvalue weighted by molar-refractivity contribution is 5.94. The first-order chi connectivity index (χ1) is 14.2.